The fraction of sp³-hybridized carbons (Fsp3) is 0.833. The Morgan fingerprint density at radius 3 is 2.25 bits per heavy atom. The third-order valence-electron chi connectivity index (χ3n) is 2.93. The van der Waals surface area contributed by atoms with E-state index in [0.29, 0.717) is 25.2 Å². The minimum absolute atomic E-state index is 0.0261. The quantitative estimate of drug-likeness (QED) is 0.627. The number of amides is 1. The van der Waals surface area contributed by atoms with Crippen molar-refractivity contribution in [2.24, 2.45) is 5.92 Å². The van der Waals surface area contributed by atoms with Crippen molar-refractivity contribution in [1.82, 2.24) is 5.32 Å². The summed E-state index contributed by atoms with van der Waals surface area (Å²) in [6.07, 6.45) is 2.83. The van der Waals surface area contributed by atoms with Crippen LogP contribution in [0.2, 0.25) is 0 Å². The molecule has 0 saturated heterocycles. The first-order valence-electron chi connectivity index (χ1n) is 5.98. The normalized spacial score (nSPS) is 14.2. The highest BCUT2D eigenvalue weighted by molar-refractivity contribution is 5.76. The fourth-order valence-corrected chi connectivity index (χ4v) is 1.38. The van der Waals surface area contributed by atoms with Crippen molar-refractivity contribution >= 4 is 11.9 Å². The molecule has 4 nitrogen and oxygen atoms in total. The summed E-state index contributed by atoms with van der Waals surface area (Å²) >= 11 is 0. The van der Waals surface area contributed by atoms with Crippen molar-refractivity contribution in [1.29, 1.82) is 0 Å². The molecule has 0 rings (SSSR count). The van der Waals surface area contributed by atoms with Gasteiger partial charge in [0, 0.05) is 18.9 Å². The maximum Gasteiger partial charge on any atom is 0.303 e. The summed E-state index contributed by atoms with van der Waals surface area (Å²) in [6, 6.07) is 0.192. The molecule has 0 saturated carbocycles. The van der Waals surface area contributed by atoms with Crippen LogP contribution in [0, 0.1) is 5.92 Å². The second-order valence-corrected chi connectivity index (χ2v) is 4.34. The van der Waals surface area contributed by atoms with Gasteiger partial charge in [0.2, 0.25) is 5.91 Å². The van der Waals surface area contributed by atoms with Crippen molar-refractivity contribution in [2.75, 3.05) is 0 Å². The number of unbranched alkanes of at least 4 members (excludes halogenated alkanes) is 1. The Morgan fingerprint density at radius 1 is 1.19 bits per heavy atom. The number of carbonyl (C=O) groups excluding carboxylic acids is 1. The van der Waals surface area contributed by atoms with E-state index in [0.717, 1.165) is 6.42 Å². The van der Waals surface area contributed by atoms with Crippen LogP contribution in [-0.2, 0) is 9.59 Å². The smallest absolute Gasteiger partial charge is 0.303 e. The molecule has 2 N–H and O–H groups in total. The standard InChI is InChI=1S/C12H23NO3/c1-4-9(2)10(3)13-11(14)7-5-6-8-12(15)16/h9-10H,4-8H2,1-3H3,(H,13,14)(H,15,16). The maximum absolute atomic E-state index is 11.5. The molecule has 94 valence electrons. The number of nitrogens with one attached hydrogen (secondary N) is 1. The first kappa shape index (κ1) is 14.9. The lowest BCUT2D eigenvalue weighted by Gasteiger charge is -2.19. The molecule has 0 aliphatic rings. The molecule has 0 aliphatic carbocycles. The molecule has 0 aliphatic heterocycles. The molecule has 0 spiro atoms. The minimum Gasteiger partial charge on any atom is -0.481 e. The average molecular weight is 229 g/mol. The predicted octanol–water partition coefficient (Wildman–Crippen LogP) is 2.18. The molecule has 2 atom stereocenters. The van der Waals surface area contributed by atoms with Crippen LogP contribution >= 0.6 is 0 Å². The number of carboxylic acid groups (broad SMARTS) is 1. The Kier molecular flexibility index (Phi) is 7.60. The summed E-state index contributed by atoms with van der Waals surface area (Å²) in [5.41, 5.74) is 0. The second kappa shape index (κ2) is 8.13. The van der Waals surface area contributed by atoms with Gasteiger partial charge in [0.05, 0.1) is 0 Å². The van der Waals surface area contributed by atoms with Crippen LogP contribution in [0.3, 0.4) is 0 Å². The molecular formula is C12H23NO3. The van der Waals surface area contributed by atoms with E-state index in [4.69, 9.17) is 5.11 Å². The van der Waals surface area contributed by atoms with Crippen molar-refractivity contribution in [2.45, 2.75) is 58.9 Å². The second-order valence-electron chi connectivity index (χ2n) is 4.34. The number of aliphatic carboxylic acids is 1. The highest BCUT2D eigenvalue weighted by Gasteiger charge is 2.12. The molecule has 1 amide bonds. The summed E-state index contributed by atoms with van der Waals surface area (Å²) < 4.78 is 0. The zero-order valence-electron chi connectivity index (χ0n) is 10.5. The monoisotopic (exact) mass is 229 g/mol. The molecule has 0 bridgehead atoms. The minimum atomic E-state index is -0.798. The molecule has 0 heterocycles. The van der Waals surface area contributed by atoms with E-state index in [9.17, 15) is 9.59 Å². The van der Waals surface area contributed by atoms with Gasteiger partial charge >= 0.3 is 5.97 Å². The van der Waals surface area contributed by atoms with Gasteiger partial charge in [-0.05, 0) is 25.7 Å². The molecule has 0 aromatic carbocycles. The number of hydrogen-bond donors (Lipinski definition) is 2. The fourth-order valence-electron chi connectivity index (χ4n) is 1.38. The topological polar surface area (TPSA) is 66.4 Å². The van der Waals surface area contributed by atoms with Gasteiger partial charge in [-0.15, -0.1) is 0 Å². The highest BCUT2D eigenvalue weighted by atomic mass is 16.4. The maximum atomic E-state index is 11.5. The summed E-state index contributed by atoms with van der Waals surface area (Å²) in [6.45, 7) is 6.21. The van der Waals surface area contributed by atoms with E-state index in [1.165, 1.54) is 0 Å². The van der Waals surface area contributed by atoms with Crippen LogP contribution in [0.5, 0.6) is 0 Å². The lowest BCUT2D eigenvalue weighted by Crippen LogP contribution is -2.36. The molecule has 0 aromatic heterocycles. The van der Waals surface area contributed by atoms with Gasteiger partial charge in [-0.1, -0.05) is 20.3 Å². The van der Waals surface area contributed by atoms with Crippen LogP contribution in [0.1, 0.15) is 52.9 Å². The zero-order chi connectivity index (χ0) is 12.6. The zero-order valence-corrected chi connectivity index (χ0v) is 10.5. The number of hydrogen-bond acceptors (Lipinski definition) is 2. The van der Waals surface area contributed by atoms with Crippen LogP contribution in [-0.4, -0.2) is 23.0 Å². The van der Waals surface area contributed by atoms with Crippen molar-refractivity contribution in [3.8, 4) is 0 Å². The molecule has 16 heavy (non-hydrogen) atoms. The van der Waals surface area contributed by atoms with Crippen molar-refractivity contribution < 1.29 is 14.7 Å². The molecular weight excluding hydrogens is 206 g/mol. The molecule has 4 heteroatoms. The van der Waals surface area contributed by atoms with Crippen LogP contribution < -0.4 is 5.32 Å². The molecule has 0 radical (unpaired) electrons. The summed E-state index contributed by atoms with van der Waals surface area (Å²) in [5.74, 6) is -0.297. The summed E-state index contributed by atoms with van der Waals surface area (Å²) in [4.78, 5) is 21.7. The first-order chi connectivity index (χ1) is 7.47. The van der Waals surface area contributed by atoms with E-state index in [2.05, 4.69) is 19.2 Å². The van der Waals surface area contributed by atoms with Gasteiger partial charge in [-0.3, -0.25) is 9.59 Å². The largest absolute Gasteiger partial charge is 0.481 e. The van der Waals surface area contributed by atoms with Gasteiger partial charge in [0.25, 0.3) is 0 Å². The van der Waals surface area contributed by atoms with Crippen molar-refractivity contribution in [3.63, 3.8) is 0 Å². The van der Waals surface area contributed by atoms with Crippen molar-refractivity contribution in [3.05, 3.63) is 0 Å². The number of rotatable bonds is 8. The molecule has 0 fully saturated rings. The van der Waals surface area contributed by atoms with Crippen LogP contribution in [0.4, 0.5) is 0 Å². The third-order valence-corrected chi connectivity index (χ3v) is 2.93. The highest BCUT2D eigenvalue weighted by Crippen LogP contribution is 2.07. The first-order valence-corrected chi connectivity index (χ1v) is 5.98. The van der Waals surface area contributed by atoms with Crippen LogP contribution in [0.15, 0.2) is 0 Å². The number of carbonyl (C=O) groups is 2. The van der Waals surface area contributed by atoms with E-state index < -0.39 is 5.97 Å². The third kappa shape index (κ3) is 7.26. The average Bonchev–Trinajstić information content (AvgIpc) is 2.22. The van der Waals surface area contributed by atoms with Gasteiger partial charge < -0.3 is 10.4 Å². The predicted molar refractivity (Wildman–Crippen MR) is 63.2 cm³/mol. The molecule has 0 aromatic rings. The van der Waals surface area contributed by atoms with E-state index in [1.807, 2.05) is 6.92 Å². The van der Waals surface area contributed by atoms with Gasteiger partial charge in [0.1, 0.15) is 0 Å². The Labute approximate surface area is 97.4 Å². The lowest BCUT2D eigenvalue weighted by molar-refractivity contribution is -0.137. The Bertz CT molecular complexity index is 228. The summed E-state index contributed by atoms with van der Waals surface area (Å²) in [5, 5.41) is 11.4. The lowest BCUT2D eigenvalue weighted by atomic mass is 10.0. The van der Waals surface area contributed by atoms with Gasteiger partial charge in [0.15, 0.2) is 0 Å². The van der Waals surface area contributed by atoms with E-state index in [-0.39, 0.29) is 18.4 Å². The Balaban J connectivity index is 3.62. The van der Waals surface area contributed by atoms with Crippen LogP contribution in [0.25, 0.3) is 0 Å². The van der Waals surface area contributed by atoms with Gasteiger partial charge in [-0.25, -0.2) is 0 Å². The van der Waals surface area contributed by atoms with Gasteiger partial charge in [-0.2, -0.15) is 0 Å². The number of carboxylic acids is 1. The Morgan fingerprint density at radius 2 is 1.75 bits per heavy atom. The van der Waals surface area contributed by atoms with E-state index >= 15 is 0 Å². The van der Waals surface area contributed by atoms with E-state index in [1.54, 1.807) is 0 Å². The summed E-state index contributed by atoms with van der Waals surface area (Å²) in [7, 11) is 0. The molecule has 2 unspecified atom stereocenters. The Hall–Kier alpha value is -1.06. The SMILES string of the molecule is CCC(C)C(C)NC(=O)CCCCC(=O)O.